The van der Waals surface area contributed by atoms with Crippen molar-refractivity contribution in [2.45, 2.75) is 38.6 Å². The topological polar surface area (TPSA) is 55.9 Å². The van der Waals surface area contributed by atoms with E-state index in [1.807, 2.05) is 36.4 Å². The minimum absolute atomic E-state index is 0.0553. The lowest BCUT2D eigenvalue weighted by Crippen LogP contribution is -3.11. The molecule has 0 bridgehead atoms. The van der Waals surface area contributed by atoms with Gasteiger partial charge in [-0.25, -0.2) is 0 Å². The molecule has 1 aromatic heterocycles. The highest BCUT2D eigenvalue weighted by atomic mass is 16.5. The molecule has 26 heavy (non-hydrogen) atoms. The molecule has 2 N–H and O–H groups in total. The highest BCUT2D eigenvalue weighted by Gasteiger charge is 2.29. The summed E-state index contributed by atoms with van der Waals surface area (Å²) in [6.07, 6.45) is 6.32. The molecule has 5 nitrogen and oxygen atoms in total. The first-order valence-corrected chi connectivity index (χ1v) is 9.67. The average Bonchev–Trinajstić information content (AvgIpc) is 3.37. The molecule has 1 fully saturated rings. The Kier molecular flexibility index (Phi) is 6.72. The lowest BCUT2D eigenvalue weighted by molar-refractivity contribution is -0.919. The fraction of sp³-hybridized carbons (Fsp3) is 0.476. The Hall–Kier alpha value is -2.27. The fourth-order valence-electron chi connectivity index (χ4n) is 3.45. The summed E-state index contributed by atoms with van der Waals surface area (Å²) >= 11 is 0. The number of amides is 1. The summed E-state index contributed by atoms with van der Waals surface area (Å²) in [5.41, 5.74) is 0.655. The largest absolute Gasteiger partial charge is 0.494 e. The van der Waals surface area contributed by atoms with Crippen molar-refractivity contribution in [1.82, 2.24) is 5.32 Å². The molecular weight excluding hydrogens is 328 g/mol. The predicted octanol–water partition coefficient (Wildman–Crippen LogP) is 2.61. The molecule has 1 saturated heterocycles. The molecule has 0 saturated carbocycles. The first kappa shape index (κ1) is 18.5. The molecule has 2 heterocycles. The van der Waals surface area contributed by atoms with Gasteiger partial charge in [0.25, 0.3) is 5.91 Å². The normalized spacial score (nSPS) is 15.7. The third-order valence-electron chi connectivity index (χ3n) is 4.98. The van der Waals surface area contributed by atoms with Gasteiger partial charge in [-0.3, -0.25) is 4.79 Å². The van der Waals surface area contributed by atoms with Crippen LogP contribution in [0.25, 0.3) is 0 Å². The van der Waals surface area contributed by atoms with E-state index in [9.17, 15) is 4.79 Å². The van der Waals surface area contributed by atoms with Crippen molar-refractivity contribution in [2.75, 3.05) is 26.2 Å². The van der Waals surface area contributed by atoms with Gasteiger partial charge < -0.3 is 19.4 Å². The summed E-state index contributed by atoms with van der Waals surface area (Å²) in [6, 6.07) is 11.5. The van der Waals surface area contributed by atoms with E-state index in [1.54, 1.807) is 6.26 Å². The van der Waals surface area contributed by atoms with Crippen LogP contribution < -0.4 is 15.0 Å². The van der Waals surface area contributed by atoms with Gasteiger partial charge >= 0.3 is 0 Å². The Morgan fingerprint density at radius 3 is 2.65 bits per heavy atom. The van der Waals surface area contributed by atoms with E-state index < -0.39 is 0 Å². The SMILES string of the molecule is CCCCOc1ccc(C(=O)NC[C@@H](c2ccco2)[NH+]2CCCC2)cc1. The molecule has 1 aromatic carbocycles. The van der Waals surface area contributed by atoms with Crippen LogP contribution in [0, 0.1) is 0 Å². The van der Waals surface area contributed by atoms with Gasteiger partial charge in [0.15, 0.2) is 11.8 Å². The average molecular weight is 357 g/mol. The van der Waals surface area contributed by atoms with Crippen molar-refractivity contribution in [3.05, 3.63) is 54.0 Å². The lowest BCUT2D eigenvalue weighted by Gasteiger charge is -2.23. The zero-order chi connectivity index (χ0) is 18.2. The Balaban J connectivity index is 1.56. The number of ether oxygens (including phenoxy) is 1. The van der Waals surface area contributed by atoms with E-state index in [4.69, 9.17) is 9.15 Å². The van der Waals surface area contributed by atoms with Crippen LogP contribution >= 0.6 is 0 Å². The Morgan fingerprint density at radius 1 is 1.23 bits per heavy atom. The third-order valence-corrected chi connectivity index (χ3v) is 4.98. The molecule has 0 aliphatic carbocycles. The Morgan fingerprint density at radius 2 is 2.00 bits per heavy atom. The summed E-state index contributed by atoms with van der Waals surface area (Å²) in [5.74, 6) is 1.70. The zero-order valence-electron chi connectivity index (χ0n) is 15.5. The lowest BCUT2D eigenvalue weighted by atomic mass is 10.1. The number of likely N-dealkylation sites (tertiary alicyclic amines) is 1. The zero-order valence-corrected chi connectivity index (χ0v) is 15.5. The van der Waals surface area contributed by atoms with Crippen LogP contribution in [0.4, 0.5) is 0 Å². The first-order chi connectivity index (χ1) is 12.8. The van der Waals surface area contributed by atoms with E-state index >= 15 is 0 Å². The summed E-state index contributed by atoms with van der Waals surface area (Å²) in [7, 11) is 0. The van der Waals surface area contributed by atoms with Gasteiger partial charge in [0, 0.05) is 18.4 Å². The van der Waals surface area contributed by atoms with Gasteiger partial charge in [-0.15, -0.1) is 0 Å². The number of hydrogen-bond donors (Lipinski definition) is 2. The quantitative estimate of drug-likeness (QED) is 0.678. The molecule has 1 aliphatic heterocycles. The van der Waals surface area contributed by atoms with Gasteiger partial charge in [-0.05, 0) is 42.8 Å². The second-order valence-corrected chi connectivity index (χ2v) is 6.87. The standard InChI is InChI=1S/C21H28N2O3/c1-2-3-14-25-18-10-8-17(9-11-18)21(24)22-16-19(20-7-6-15-26-20)23-12-4-5-13-23/h6-11,15,19H,2-5,12-14,16H2,1H3,(H,22,24)/p+1/t19-/m0/s1. The summed E-state index contributed by atoms with van der Waals surface area (Å²) in [6.45, 7) is 5.69. The summed E-state index contributed by atoms with van der Waals surface area (Å²) in [4.78, 5) is 14.0. The van der Waals surface area contributed by atoms with Crippen LogP contribution in [-0.2, 0) is 0 Å². The van der Waals surface area contributed by atoms with Gasteiger partial charge in [0.2, 0.25) is 0 Å². The monoisotopic (exact) mass is 357 g/mol. The van der Waals surface area contributed by atoms with Crippen molar-refractivity contribution in [2.24, 2.45) is 0 Å². The fourth-order valence-corrected chi connectivity index (χ4v) is 3.45. The maximum absolute atomic E-state index is 12.5. The van der Waals surface area contributed by atoms with Crippen LogP contribution in [-0.4, -0.2) is 32.1 Å². The molecule has 1 atom stereocenters. The molecule has 1 amide bonds. The maximum atomic E-state index is 12.5. The maximum Gasteiger partial charge on any atom is 0.251 e. The van der Waals surface area contributed by atoms with E-state index in [0.29, 0.717) is 18.7 Å². The molecule has 0 spiro atoms. The second kappa shape index (κ2) is 9.43. The summed E-state index contributed by atoms with van der Waals surface area (Å²) in [5, 5.41) is 3.08. The highest BCUT2D eigenvalue weighted by Crippen LogP contribution is 2.14. The number of furan rings is 1. The molecule has 140 valence electrons. The van der Waals surface area contributed by atoms with Crippen molar-refractivity contribution < 1.29 is 18.8 Å². The number of quaternary nitrogens is 1. The third kappa shape index (κ3) is 4.88. The molecule has 0 unspecified atom stereocenters. The number of benzene rings is 1. The molecule has 2 aromatic rings. The number of rotatable bonds is 9. The minimum Gasteiger partial charge on any atom is -0.494 e. The molecule has 5 heteroatoms. The molecule has 0 radical (unpaired) electrons. The van der Waals surface area contributed by atoms with Crippen molar-refractivity contribution in [3.8, 4) is 5.75 Å². The first-order valence-electron chi connectivity index (χ1n) is 9.67. The van der Waals surface area contributed by atoms with E-state index in [0.717, 1.165) is 37.4 Å². The van der Waals surface area contributed by atoms with Crippen LogP contribution in [0.2, 0.25) is 0 Å². The van der Waals surface area contributed by atoms with Crippen molar-refractivity contribution in [1.29, 1.82) is 0 Å². The Bertz CT molecular complexity index is 661. The van der Waals surface area contributed by atoms with Crippen molar-refractivity contribution >= 4 is 5.91 Å². The van der Waals surface area contributed by atoms with E-state index in [2.05, 4.69) is 12.2 Å². The van der Waals surface area contributed by atoms with Crippen LogP contribution in [0.1, 0.15) is 54.8 Å². The van der Waals surface area contributed by atoms with Gasteiger partial charge in [-0.2, -0.15) is 0 Å². The van der Waals surface area contributed by atoms with Crippen molar-refractivity contribution in [3.63, 3.8) is 0 Å². The predicted molar refractivity (Wildman–Crippen MR) is 101 cm³/mol. The number of hydrogen-bond acceptors (Lipinski definition) is 3. The molecular formula is C21H29N2O3+. The number of unbranched alkanes of at least 4 members (excludes halogenated alkanes) is 1. The highest BCUT2D eigenvalue weighted by molar-refractivity contribution is 5.94. The van der Waals surface area contributed by atoms with Gasteiger partial charge in [0.05, 0.1) is 32.5 Å². The number of carbonyl (C=O) groups is 1. The second-order valence-electron chi connectivity index (χ2n) is 6.87. The molecule has 1 aliphatic rings. The van der Waals surface area contributed by atoms with Gasteiger partial charge in [0.1, 0.15) is 5.75 Å². The van der Waals surface area contributed by atoms with E-state index in [-0.39, 0.29) is 11.9 Å². The van der Waals surface area contributed by atoms with Crippen LogP contribution in [0.5, 0.6) is 5.75 Å². The smallest absolute Gasteiger partial charge is 0.251 e. The molecule has 3 rings (SSSR count). The number of nitrogens with one attached hydrogen (secondary N) is 2. The van der Waals surface area contributed by atoms with Gasteiger partial charge in [-0.1, -0.05) is 13.3 Å². The van der Waals surface area contributed by atoms with Crippen LogP contribution in [0.3, 0.4) is 0 Å². The Labute approximate surface area is 155 Å². The number of carbonyl (C=O) groups excluding carboxylic acids is 1. The summed E-state index contributed by atoms with van der Waals surface area (Å²) < 4.78 is 11.3. The van der Waals surface area contributed by atoms with E-state index in [1.165, 1.54) is 17.7 Å². The van der Waals surface area contributed by atoms with Crippen LogP contribution in [0.15, 0.2) is 47.1 Å². The minimum atomic E-state index is -0.0553.